The zero-order chi connectivity index (χ0) is 15.0. The molecular weight excluding hydrogens is 298 g/mol. The van der Waals surface area contributed by atoms with Gasteiger partial charge in [0.1, 0.15) is 16.4 Å². The van der Waals surface area contributed by atoms with Crippen LogP contribution in [-0.4, -0.2) is 30.6 Å². The normalized spacial score (nSPS) is 23.4. The van der Waals surface area contributed by atoms with Crippen LogP contribution in [0.25, 0.3) is 0 Å². The lowest BCUT2D eigenvalue weighted by atomic mass is 10.1. The number of rotatable bonds is 5. The Balaban J connectivity index is 2.22. The highest BCUT2D eigenvalue weighted by atomic mass is 32.2. The van der Waals surface area contributed by atoms with Crippen LogP contribution >= 0.6 is 11.8 Å². The summed E-state index contributed by atoms with van der Waals surface area (Å²) >= 11 is 1.80. The van der Waals surface area contributed by atoms with Gasteiger partial charge in [-0.2, -0.15) is 11.8 Å². The number of aliphatic hydroxyl groups is 1. The largest absolute Gasteiger partial charge is 0.465 e. The van der Waals surface area contributed by atoms with Gasteiger partial charge in [-0.3, -0.25) is 0 Å². The Hall–Kier alpha value is -0.500. The van der Waals surface area contributed by atoms with E-state index in [2.05, 4.69) is 11.6 Å². The molecule has 7 heteroatoms. The summed E-state index contributed by atoms with van der Waals surface area (Å²) in [5.41, 5.74) is 0.347. The van der Waals surface area contributed by atoms with Crippen molar-refractivity contribution in [3.63, 3.8) is 0 Å². The summed E-state index contributed by atoms with van der Waals surface area (Å²) in [7, 11) is -3.66. The van der Waals surface area contributed by atoms with Gasteiger partial charge in [0, 0.05) is 16.9 Å². The molecule has 0 aliphatic carbocycles. The molecule has 0 saturated carbocycles. The second kappa shape index (κ2) is 5.71. The fourth-order valence-corrected chi connectivity index (χ4v) is 5.48. The first-order valence-corrected chi connectivity index (χ1v) is 9.09. The summed E-state index contributed by atoms with van der Waals surface area (Å²) in [6.45, 7) is 5.39. The molecule has 0 radical (unpaired) electrons. The molecular formula is C13H21NO4S2. The molecule has 2 heterocycles. The minimum Gasteiger partial charge on any atom is -0.465 e. The number of furan rings is 1. The number of thioether (sulfide) groups is 1. The van der Waals surface area contributed by atoms with Gasteiger partial charge in [0.15, 0.2) is 0 Å². The quantitative estimate of drug-likeness (QED) is 0.867. The van der Waals surface area contributed by atoms with E-state index in [4.69, 9.17) is 4.42 Å². The summed E-state index contributed by atoms with van der Waals surface area (Å²) in [6.07, 6.45) is 2.13. The molecule has 0 bridgehead atoms. The number of nitrogens with one attached hydrogen (secondary N) is 1. The van der Waals surface area contributed by atoms with Crippen molar-refractivity contribution in [1.82, 2.24) is 4.72 Å². The SMILES string of the molecule is Cc1oc(C)c(S(=O)(=O)NCC2(C)CCCS2)c1CO. The smallest absolute Gasteiger partial charge is 0.244 e. The van der Waals surface area contributed by atoms with Crippen molar-refractivity contribution < 1.29 is 17.9 Å². The van der Waals surface area contributed by atoms with Gasteiger partial charge >= 0.3 is 0 Å². The molecule has 2 N–H and O–H groups in total. The third kappa shape index (κ3) is 3.05. The highest BCUT2D eigenvalue weighted by Gasteiger charge is 2.33. The van der Waals surface area contributed by atoms with Crippen LogP contribution in [0.1, 0.15) is 36.8 Å². The molecule has 0 amide bonds. The summed E-state index contributed by atoms with van der Waals surface area (Å²) in [5, 5.41) is 9.35. The van der Waals surface area contributed by atoms with E-state index in [-0.39, 0.29) is 16.2 Å². The van der Waals surface area contributed by atoms with Crippen LogP contribution in [0.5, 0.6) is 0 Å². The highest BCUT2D eigenvalue weighted by molar-refractivity contribution is 8.01. The van der Waals surface area contributed by atoms with E-state index < -0.39 is 10.0 Å². The van der Waals surface area contributed by atoms with Gasteiger partial charge in [-0.05, 0) is 39.4 Å². The van der Waals surface area contributed by atoms with E-state index in [1.54, 1.807) is 25.6 Å². The van der Waals surface area contributed by atoms with Gasteiger partial charge in [0.25, 0.3) is 0 Å². The lowest BCUT2D eigenvalue weighted by molar-refractivity contribution is 0.276. The fraction of sp³-hybridized carbons (Fsp3) is 0.692. The monoisotopic (exact) mass is 319 g/mol. The first-order chi connectivity index (χ1) is 9.29. The summed E-state index contributed by atoms with van der Waals surface area (Å²) in [6, 6.07) is 0. The Bertz CT molecular complexity index is 586. The standard InChI is InChI=1S/C13H21NO4S2/c1-9-11(7-15)12(10(2)18-9)20(16,17)14-8-13(3)5-4-6-19-13/h14-15H,4-8H2,1-3H3. The zero-order valence-electron chi connectivity index (χ0n) is 12.0. The highest BCUT2D eigenvalue weighted by Crippen LogP contribution is 2.37. The average Bonchev–Trinajstić information content (AvgIpc) is 2.91. The molecule has 20 heavy (non-hydrogen) atoms. The lowest BCUT2D eigenvalue weighted by Gasteiger charge is -2.22. The third-order valence-electron chi connectivity index (χ3n) is 3.69. The fourth-order valence-electron chi connectivity index (χ4n) is 2.54. The maximum Gasteiger partial charge on any atom is 0.244 e. The molecule has 1 aromatic rings. The number of sulfonamides is 1. The third-order valence-corrected chi connectivity index (χ3v) is 6.82. The van der Waals surface area contributed by atoms with E-state index in [0.717, 1.165) is 18.6 Å². The van der Waals surface area contributed by atoms with Gasteiger partial charge in [0.2, 0.25) is 10.0 Å². The molecule has 1 atom stereocenters. The lowest BCUT2D eigenvalue weighted by Crippen LogP contribution is -2.37. The molecule has 2 rings (SSSR count). The minimum atomic E-state index is -3.66. The number of aryl methyl sites for hydroxylation is 2. The van der Waals surface area contributed by atoms with Crippen LogP contribution in [0.3, 0.4) is 0 Å². The van der Waals surface area contributed by atoms with Gasteiger partial charge in [0.05, 0.1) is 6.61 Å². The molecule has 1 unspecified atom stereocenters. The molecule has 1 aromatic heterocycles. The first kappa shape index (κ1) is 15.9. The van der Waals surface area contributed by atoms with Gasteiger partial charge in [-0.25, -0.2) is 13.1 Å². The molecule has 1 saturated heterocycles. The van der Waals surface area contributed by atoms with Crippen molar-refractivity contribution >= 4 is 21.8 Å². The predicted molar refractivity (Wildman–Crippen MR) is 79.4 cm³/mol. The van der Waals surface area contributed by atoms with Crippen molar-refractivity contribution in [3.05, 3.63) is 17.1 Å². The predicted octanol–water partition coefficient (Wildman–Crippen LogP) is 1.95. The van der Waals surface area contributed by atoms with Crippen molar-refractivity contribution in [3.8, 4) is 0 Å². The van der Waals surface area contributed by atoms with Crippen molar-refractivity contribution in [1.29, 1.82) is 0 Å². The second-order valence-electron chi connectivity index (χ2n) is 5.41. The van der Waals surface area contributed by atoms with Crippen LogP contribution in [0.2, 0.25) is 0 Å². The van der Waals surface area contributed by atoms with Crippen LogP contribution in [-0.2, 0) is 16.6 Å². The Labute approximate surface area is 124 Å². The first-order valence-electron chi connectivity index (χ1n) is 6.62. The van der Waals surface area contributed by atoms with E-state index in [1.165, 1.54) is 0 Å². The summed E-state index contributed by atoms with van der Waals surface area (Å²) < 4.78 is 32.9. The maximum absolute atomic E-state index is 12.5. The zero-order valence-corrected chi connectivity index (χ0v) is 13.7. The number of hydrogen-bond acceptors (Lipinski definition) is 5. The average molecular weight is 319 g/mol. The second-order valence-corrected chi connectivity index (χ2v) is 8.79. The van der Waals surface area contributed by atoms with Gasteiger partial charge in [-0.1, -0.05) is 0 Å². The molecule has 1 aliphatic rings. The van der Waals surface area contributed by atoms with E-state index in [9.17, 15) is 13.5 Å². The van der Waals surface area contributed by atoms with E-state index in [1.807, 2.05) is 0 Å². The maximum atomic E-state index is 12.5. The van der Waals surface area contributed by atoms with Crippen LogP contribution in [0, 0.1) is 13.8 Å². The summed E-state index contributed by atoms with van der Waals surface area (Å²) in [4.78, 5) is 0.0871. The molecule has 114 valence electrons. The minimum absolute atomic E-state index is 0.0425. The number of hydrogen-bond donors (Lipinski definition) is 2. The molecule has 0 spiro atoms. The van der Waals surface area contributed by atoms with Crippen LogP contribution in [0.4, 0.5) is 0 Å². The molecule has 1 fully saturated rings. The van der Waals surface area contributed by atoms with E-state index in [0.29, 0.717) is 23.6 Å². The molecule has 0 aromatic carbocycles. The molecule has 1 aliphatic heterocycles. The Morgan fingerprint density at radius 1 is 1.40 bits per heavy atom. The van der Waals surface area contributed by atoms with Gasteiger partial charge < -0.3 is 9.52 Å². The van der Waals surface area contributed by atoms with Crippen LogP contribution in [0.15, 0.2) is 9.31 Å². The Morgan fingerprint density at radius 2 is 2.10 bits per heavy atom. The van der Waals surface area contributed by atoms with Crippen molar-refractivity contribution in [2.75, 3.05) is 12.3 Å². The van der Waals surface area contributed by atoms with Crippen molar-refractivity contribution in [2.45, 2.75) is 49.9 Å². The number of aliphatic hydroxyl groups excluding tert-OH is 1. The Morgan fingerprint density at radius 3 is 2.65 bits per heavy atom. The topological polar surface area (TPSA) is 79.5 Å². The van der Waals surface area contributed by atoms with Crippen LogP contribution < -0.4 is 4.72 Å². The van der Waals surface area contributed by atoms with Crippen molar-refractivity contribution in [2.24, 2.45) is 0 Å². The van der Waals surface area contributed by atoms with Gasteiger partial charge in [-0.15, -0.1) is 0 Å². The summed E-state index contributed by atoms with van der Waals surface area (Å²) in [5.74, 6) is 1.85. The van der Waals surface area contributed by atoms with E-state index >= 15 is 0 Å². The Kier molecular flexibility index (Phi) is 4.53. The molecule has 5 nitrogen and oxygen atoms in total.